The third-order valence-electron chi connectivity index (χ3n) is 8.51. The van der Waals surface area contributed by atoms with Gasteiger partial charge in [0.05, 0.1) is 6.04 Å². The summed E-state index contributed by atoms with van der Waals surface area (Å²) in [6, 6.07) is 12.6. The first-order chi connectivity index (χ1) is 19.6. The molecule has 3 aliphatic rings. The number of anilines is 1. The molecule has 2 aromatic carbocycles. The van der Waals surface area contributed by atoms with Gasteiger partial charge in [-0.25, -0.2) is 9.79 Å². The summed E-state index contributed by atoms with van der Waals surface area (Å²) < 4.78 is 42.0. The molecule has 0 spiro atoms. The average Bonchev–Trinajstić information content (AvgIpc) is 3.38. The Labute approximate surface area is 237 Å². The van der Waals surface area contributed by atoms with Crippen LogP contribution in [0.15, 0.2) is 65.3 Å². The van der Waals surface area contributed by atoms with E-state index in [1.165, 1.54) is 18.2 Å². The molecule has 0 bridgehead atoms. The largest absolute Gasteiger partial charge is 0.573 e. The SMILES string of the molecule is C/C=C(\N=C(C1CCC1)N(CC)C1c2ccccc2N(C(=O)c2ccc(OC(F)(F)F)cc2)C2CCCC12)C(=O)O. The minimum Gasteiger partial charge on any atom is -0.477 e. The molecule has 41 heavy (non-hydrogen) atoms. The minimum atomic E-state index is -4.81. The maximum Gasteiger partial charge on any atom is 0.573 e. The molecular weight excluding hydrogens is 535 g/mol. The molecule has 3 unspecified atom stereocenters. The highest BCUT2D eigenvalue weighted by Crippen LogP contribution is 2.51. The molecule has 1 heterocycles. The molecule has 2 aliphatic carbocycles. The zero-order valence-corrected chi connectivity index (χ0v) is 23.1. The Morgan fingerprint density at radius 3 is 2.34 bits per heavy atom. The van der Waals surface area contributed by atoms with Crippen LogP contribution in [-0.2, 0) is 4.79 Å². The molecule has 0 radical (unpaired) electrons. The zero-order valence-electron chi connectivity index (χ0n) is 23.1. The summed E-state index contributed by atoms with van der Waals surface area (Å²) in [5.74, 6) is -0.676. The number of carbonyl (C=O) groups is 2. The number of carboxylic acids is 1. The van der Waals surface area contributed by atoms with Gasteiger partial charge in [-0.3, -0.25) is 4.79 Å². The summed E-state index contributed by atoms with van der Waals surface area (Å²) in [6.45, 7) is 4.36. The van der Waals surface area contributed by atoms with Crippen LogP contribution >= 0.6 is 0 Å². The van der Waals surface area contributed by atoms with Crippen LogP contribution < -0.4 is 9.64 Å². The van der Waals surface area contributed by atoms with Crippen LogP contribution in [0.3, 0.4) is 0 Å². The fourth-order valence-corrected chi connectivity index (χ4v) is 6.54. The number of para-hydroxylation sites is 1. The maximum atomic E-state index is 14.0. The summed E-state index contributed by atoms with van der Waals surface area (Å²) in [6.07, 6.45) is 2.28. The maximum absolute atomic E-state index is 14.0. The Kier molecular flexibility index (Phi) is 8.11. The number of benzene rings is 2. The van der Waals surface area contributed by atoms with E-state index in [9.17, 15) is 27.9 Å². The molecule has 0 aromatic heterocycles. The Morgan fingerprint density at radius 2 is 1.76 bits per heavy atom. The second-order valence-corrected chi connectivity index (χ2v) is 10.8. The number of amidine groups is 1. The number of hydrogen-bond acceptors (Lipinski definition) is 4. The van der Waals surface area contributed by atoms with E-state index in [0.29, 0.717) is 6.54 Å². The van der Waals surface area contributed by atoms with E-state index in [1.54, 1.807) is 6.92 Å². The van der Waals surface area contributed by atoms with Gasteiger partial charge in [0.1, 0.15) is 17.3 Å². The predicted molar refractivity (Wildman–Crippen MR) is 149 cm³/mol. The van der Waals surface area contributed by atoms with Crippen LogP contribution in [0.4, 0.5) is 18.9 Å². The zero-order chi connectivity index (χ0) is 29.3. The number of alkyl halides is 3. The van der Waals surface area contributed by atoms with Crippen LogP contribution in [-0.4, -0.2) is 46.7 Å². The van der Waals surface area contributed by atoms with E-state index < -0.39 is 12.3 Å². The van der Waals surface area contributed by atoms with Crippen molar-refractivity contribution in [3.8, 4) is 5.75 Å². The van der Waals surface area contributed by atoms with Crippen molar-refractivity contribution in [1.29, 1.82) is 0 Å². The van der Waals surface area contributed by atoms with Gasteiger partial charge >= 0.3 is 12.3 Å². The van der Waals surface area contributed by atoms with Crippen LogP contribution in [0.25, 0.3) is 0 Å². The van der Waals surface area contributed by atoms with Crippen molar-refractivity contribution in [2.75, 3.05) is 11.4 Å². The third-order valence-corrected chi connectivity index (χ3v) is 8.51. The van der Waals surface area contributed by atoms with Gasteiger partial charge in [0, 0.05) is 35.7 Å². The van der Waals surface area contributed by atoms with Gasteiger partial charge in [0.2, 0.25) is 0 Å². The highest BCUT2D eigenvalue weighted by molar-refractivity contribution is 6.07. The van der Waals surface area contributed by atoms with E-state index in [1.807, 2.05) is 29.2 Å². The normalized spacial score (nSPS) is 23.0. The number of amides is 1. The lowest BCUT2D eigenvalue weighted by molar-refractivity contribution is -0.274. The van der Waals surface area contributed by atoms with Crippen molar-refractivity contribution in [2.45, 2.75) is 70.8 Å². The molecule has 218 valence electrons. The number of rotatable bonds is 7. The first-order valence-electron chi connectivity index (χ1n) is 14.2. The van der Waals surface area contributed by atoms with Gasteiger partial charge in [-0.05, 0) is 75.4 Å². The van der Waals surface area contributed by atoms with Gasteiger partial charge < -0.3 is 19.6 Å². The van der Waals surface area contributed by atoms with E-state index >= 15 is 0 Å². The number of ether oxygens (including phenoxy) is 1. The van der Waals surface area contributed by atoms with Crippen molar-refractivity contribution < 1.29 is 32.6 Å². The molecule has 2 fully saturated rings. The van der Waals surface area contributed by atoms with Gasteiger partial charge in [0.15, 0.2) is 0 Å². The lowest BCUT2D eigenvalue weighted by Crippen LogP contribution is -2.53. The average molecular weight is 570 g/mol. The molecule has 1 N–H and O–H groups in total. The smallest absolute Gasteiger partial charge is 0.477 e. The molecule has 1 amide bonds. The minimum absolute atomic E-state index is 0.0205. The highest BCUT2D eigenvalue weighted by atomic mass is 19.4. The van der Waals surface area contributed by atoms with Gasteiger partial charge in [0.25, 0.3) is 5.91 Å². The van der Waals surface area contributed by atoms with Crippen molar-refractivity contribution in [3.05, 3.63) is 71.4 Å². The molecule has 0 saturated heterocycles. The van der Waals surface area contributed by atoms with Crippen molar-refractivity contribution in [2.24, 2.45) is 16.8 Å². The summed E-state index contributed by atoms with van der Waals surface area (Å²) >= 11 is 0. The summed E-state index contributed by atoms with van der Waals surface area (Å²) in [4.78, 5) is 34.6. The monoisotopic (exact) mass is 569 g/mol. The Hall–Kier alpha value is -3.82. The number of carboxylic acid groups (broad SMARTS) is 1. The topological polar surface area (TPSA) is 82.4 Å². The van der Waals surface area contributed by atoms with E-state index in [-0.39, 0.29) is 46.8 Å². The summed E-state index contributed by atoms with van der Waals surface area (Å²) in [7, 11) is 0. The number of carbonyl (C=O) groups excluding carboxylic acids is 1. The second-order valence-electron chi connectivity index (χ2n) is 10.8. The third kappa shape index (κ3) is 5.69. The summed E-state index contributed by atoms with van der Waals surface area (Å²) in [5, 5.41) is 9.74. The molecule has 2 saturated carbocycles. The number of aliphatic imine (C=N–C) groups is 1. The summed E-state index contributed by atoms with van der Waals surface area (Å²) in [5.41, 5.74) is 2.03. The molecule has 2 aromatic rings. The Morgan fingerprint density at radius 1 is 1.07 bits per heavy atom. The number of allylic oxidation sites excluding steroid dienone is 1. The highest BCUT2D eigenvalue weighted by Gasteiger charge is 2.49. The van der Waals surface area contributed by atoms with Crippen molar-refractivity contribution in [3.63, 3.8) is 0 Å². The van der Waals surface area contributed by atoms with Crippen LogP contribution in [0.5, 0.6) is 5.75 Å². The molecule has 7 nitrogen and oxygen atoms in total. The van der Waals surface area contributed by atoms with E-state index in [2.05, 4.69) is 16.6 Å². The molecule has 3 atom stereocenters. The number of aliphatic carboxylic acids is 1. The number of halogens is 3. The molecule has 1 aliphatic heterocycles. The number of nitrogens with zero attached hydrogens (tertiary/aromatic N) is 3. The fourth-order valence-electron chi connectivity index (χ4n) is 6.54. The first kappa shape index (κ1) is 28.7. The fraction of sp³-hybridized carbons (Fsp3) is 0.452. The molecular formula is C31H34F3N3O4. The van der Waals surface area contributed by atoms with E-state index in [4.69, 9.17) is 4.99 Å². The predicted octanol–water partition coefficient (Wildman–Crippen LogP) is 6.96. The van der Waals surface area contributed by atoms with Crippen molar-refractivity contribution >= 4 is 23.4 Å². The second kappa shape index (κ2) is 11.6. The van der Waals surface area contributed by atoms with Crippen LogP contribution in [0, 0.1) is 11.8 Å². The number of fused-ring (bicyclic) bond motifs is 2. The van der Waals surface area contributed by atoms with Gasteiger partial charge in [-0.15, -0.1) is 13.2 Å². The van der Waals surface area contributed by atoms with Gasteiger partial charge in [-0.2, -0.15) is 0 Å². The van der Waals surface area contributed by atoms with Crippen molar-refractivity contribution in [1.82, 2.24) is 4.90 Å². The number of hydrogen-bond donors (Lipinski definition) is 1. The lowest BCUT2D eigenvalue weighted by Gasteiger charge is -2.49. The molecule has 10 heteroatoms. The van der Waals surface area contributed by atoms with Crippen LogP contribution in [0.1, 0.15) is 74.3 Å². The Balaban J connectivity index is 1.55. The lowest BCUT2D eigenvalue weighted by atomic mass is 9.78. The Bertz CT molecular complexity index is 1350. The first-order valence-corrected chi connectivity index (χ1v) is 14.2. The quantitative estimate of drug-likeness (QED) is 0.221. The van der Waals surface area contributed by atoms with Crippen LogP contribution in [0.2, 0.25) is 0 Å². The van der Waals surface area contributed by atoms with E-state index in [0.717, 1.165) is 67.7 Å². The standard InChI is InChI=1S/C31H34F3N3O4/c1-3-24(30(39)40)35-28(19-9-7-10-19)36(4-2)27-22-11-5-6-13-25(22)37(26-14-8-12-23(26)27)29(38)20-15-17-21(18-16-20)41-31(32,33)34/h3,5-6,11,13,15-19,23,26-27H,4,7-10,12,14H2,1-2H3,(H,39,40)/b24-3-,35-28?. The molecule has 5 rings (SSSR count). The van der Waals surface area contributed by atoms with Gasteiger partial charge in [-0.1, -0.05) is 37.1 Å².